The molecule has 0 aliphatic heterocycles. The van der Waals surface area contributed by atoms with Crippen molar-refractivity contribution in [1.82, 2.24) is 0 Å². The molecule has 1 aromatic rings. The number of rotatable bonds is 9. The largest absolute Gasteiger partial charge is 0.394 e. The molecule has 0 saturated heterocycles. The second-order valence-corrected chi connectivity index (χ2v) is 5.94. The molecule has 4 heteroatoms. The Kier molecular flexibility index (Phi) is 7.89. The molecule has 0 aromatic heterocycles. The lowest BCUT2D eigenvalue weighted by Crippen LogP contribution is -2.38. The van der Waals surface area contributed by atoms with Crippen molar-refractivity contribution < 1.29 is 20.1 Å². The van der Waals surface area contributed by atoms with Crippen LogP contribution in [0.4, 0.5) is 0 Å². The van der Waals surface area contributed by atoms with E-state index in [4.69, 9.17) is 9.84 Å². The highest BCUT2D eigenvalue weighted by Crippen LogP contribution is 2.24. The predicted octanol–water partition coefficient (Wildman–Crippen LogP) is 1.83. The molecule has 0 saturated carbocycles. The molecule has 5 atom stereocenters. The fourth-order valence-electron chi connectivity index (χ4n) is 2.38. The summed E-state index contributed by atoms with van der Waals surface area (Å²) in [5.74, 6) is -0.305. The van der Waals surface area contributed by atoms with E-state index in [1.807, 2.05) is 51.1 Å². The summed E-state index contributed by atoms with van der Waals surface area (Å²) in [7, 11) is 0. The molecular weight excluding hydrogens is 268 g/mol. The van der Waals surface area contributed by atoms with Crippen molar-refractivity contribution in [3.8, 4) is 0 Å². The first-order valence-electron chi connectivity index (χ1n) is 7.56. The number of aliphatic hydroxyl groups is 3. The van der Waals surface area contributed by atoms with Crippen molar-refractivity contribution in [2.24, 2.45) is 17.8 Å². The first-order chi connectivity index (χ1) is 9.97. The first-order valence-corrected chi connectivity index (χ1v) is 7.56. The SMILES string of the molecule is C[C@H]([C@H](C)[C@H](O)[C@H](C)COCc1ccccc1)[C@@H](O)CO. The fourth-order valence-corrected chi connectivity index (χ4v) is 2.38. The van der Waals surface area contributed by atoms with Gasteiger partial charge in [0.15, 0.2) is 0 Å². The Labute approximate surface area is 127 Å². The fraction of sp³-hybridized carbons (Fsp3) is 0.647. The van der Waals surface area contributed by atoms with E-state index in [1.165, 1.54) is 0 Å². The molecule has 21 heavy (non-hydrogen) atoms. The molecule has 120 valence electrons. The van der Waals surface area contributed by atoms with Crippen molar-refractivity contribution in [3.63, 3.8) is 0 Å². The van der Waals surface area contributed by atoms with Gasteiger partial charge in [-0.25, -0.2) is 0 Å². The van der Waals surface area contributed by atoms with Crippen LogP contribution in [-0.2, 0) is 11.3 Å². The van der Waals surface area contributed by atoms with E-state index < -0.39 is 12.2 Å². The maximum atomic E-state index is 10.3. The van der Waals surface area contributed by atoms with Crippen LogP contribution in [0.25, 0.3) is 0 Å². The van der Waals surface area contributed by atoms with Crippen LogP contribution >= 0.6 is 0 Å². The van der Waals surface area contributed by atoms with Crippen LogP contribution in [0.15, 0.2) is 30.3 Å². The number of hydrogen-bond donors (Lipinski definition) is 3. The molecule has 3 N–H and O–H groups in total. The zero-order valence-electron chi connectivity index (χ0n) is 13.1. The van der Waals surface area contributed by atoms with Gasteiger partial charge in [0.25, 0.3) is 0 Å². The molecular formula is C17H28O4. The normalized spacial score (nSPS) is 18.8. The van der Waals surface area contributed by atoms with Crippen LogP contribution in [0, 0.1) is 17.8 Å². The van der Waals surface area contributed by atoms with Gasteiger partial charge in [-0.1, -0.05) is 51.1 Å². The summed E-state index contributed by atoms with van der Waals surface area (Å²) in [5.41, 5.74) is 1.11. The van der Waals surface area contributed by atoms with Gasteiger partial charge in [0.05, 0.1) is 32.0 Å². The van der Waals surface area contributed by atoms with Gasteiger partial charge in [-0.3, -0.25) is 0 Å². The van der Waals surface area contributed by atoms with E-state index in [1.54, 1.807) is 0 Å². The molecule has 0 heterocycles. The Balaban J connectivity index is 2.38. The summed E-state index contributed by atoms with van der Waals surface area (Å²) in [6.45, 7) is 6.37. The standard InChI is InChI=1S/C17H28O4/c1-12(10-21-11-15-7-5-4-6-8-15)17(20)14(3)13(2)16(19)9-18/h4-8,12-14,16-20H,9-11H2,1-3H3/t12-,13-,14+,16+,17-/m1/s1. The molecule has 1 aromatic carbocycles. The molecule has 0 amide bonds. The zero-order valence-corrected chi connectivity index (χ0v) is 13.1. The van der Waals surface area contributed by atoms with Gasteiger partial charge in [-0.2, -0.15) is 0 Å². The lowest BCUT2D eigenvalue weighted by atomic mass is 9.82. The van der Waals surface area contributed by atoms with Crippen LogP contribution in [-0.4, -0.2) is 40.7 Å². The molecule has 0 bridgehead atoms. The van der Waals surface area contributed by atoms with Gasteiger partial charge in [0, 0.05) is 5.92 Å². The Bertz CT molecular complexity index is 382. The summed E-state index contributed by atoms with van der Waals surface area (Å²) in [6, 6.07) is 9.91. The van der Waals surface area contributed by atoms with Crippen LogP contribution in [0.3, 0.4) is 0 Å². The average Bonchev–Trinajstić information content (AvgIpc) is 2.52. The molecule has 0 radical (unpaired) electrons. The van der Waals surface area contributed by atoms with Crippen molar-refractivity contribution in [1.29, 1.82) is 0 Å². The summed E-state index contributed by atoms with van der Waals surface area (Å²) < 4.78 is 5.65. The molecule has 0 spiro atoms. The minimum absolute atomic E-state index is 0.0305. The van der Waals surface area contributed by atoms with E-state index in [9.17, 15) is 10.2 Å². The maximum Gasteiger partial charge on any atom is 0.0799 e. The minimum atomic E-state index is -0.799. The summed E-state index contributed by atoms with van der Waals surface area (Å²) in [6.07, 6.45) is -1.37. The second kappa shape index (κ2) is 9.15. The van der Waals surface area contributed by atoms with E-state index in [-0.39, 0.29) is 24.4 Å². The lowest BCUT2D eigenvalue weighted by Gasteiger charge is -2.31. The zero-order chi connectivity index (χ0) is 15.8. The topological polar surface area (TPSA) is 69.9 Å². The van der Waals surface area contributed by atoms with Gasteiger partial charge >= 0.3 is 0 Å². The maximum absolute atomic E-state index is 10.3. The van der Waals surface area contributed by atoms with E-state index in [2.05, 4.69) is 0 Å². The van der Waals surface area contributed by atoms with Gasteiger partial charge in [-0.15, -0.1) is 0 Å². The Morgan fingerprint density at radius 2 is 1.62 bits per heavy atom. The van der Waals surface area contributed by atoms with Crippen molar-refractivity contribution in [3.05, 3.63) is 35.9 Å². The molecule has 0 aliphatic rings. The summed E-state index contributed by atoms with van der Waals surface area (Å²) >= 11 is 0. The smallest absolute Gasteiger partial charge is 0.0799 e. The molecule has 0 unspecified atom stereocenters. The van der Waals surface area contributed by atoms with Crippen molar-refractivity contribution >= 4 is 0 Å². The van der Waals surface area contributed by atoms with Crippen LogP contribution in [0.2, 0.25) is 0 Å². The third-order valence-corrected chi connectivity index (χ3v) is 4.24. The van der Waals surface area contributed by atoms with Crippen LogP contribution in [0.5, 0.6) is 0 Å². The first kappa shape index (κ1) is 18.1. The highest BCUT2D eigenvalue weighted by Gasteiger charge is 2.29. The molecule has 4 nitrogen and oxygen atoms in total. The second-order valence-electron chi connectivity index (χ2n) is 5.94. The predicted molar refractivity (Wildman–Crippen MR) is 82.7 cm³/mol. The third-order valence-electron chi connectivity index (χ3n) is 4.24. The third kappa shape index (κ3) is 5.75. The van der Waals surface area contributed by atoms with Crippen molar-refractivity contribution in [2.45, 2.75) is 39.6 Å². The number of hydrogen-bond acceptors (Lipinski definition) is 4. The van der Waals surface area contributed by atoms with Crippen LogP contribution < -0.4 is 0 Å². The average molecular weight is 296 g/mol. The molecule has 1 rings (SSSR count). The Morgan fingerprint density at radius 3 is 2.19 bits per heavy atom. The monoisotopic (exact) mass is 296 g/mol. The number of ether oxygens (including phenoxy) is 1. The summed E-state index contributed by atoms with van der Waals surface area (Å²) in [4.78, 5) is 0. The van der Waals surface area contributed by atoms with Gasteiger partial charge in [-0.05, 0) is 17.4 Å². The van der Waals surface area contributed by atoms with E-state index in [0.717, 1.165) is 5.56 Å². The highest BCUT2D eigenvalue weighted by atomic mass is 16.5. The number of benzene rings is 1. The van der Waals surface area contributed by atoms with Gasteiger partial charge in [0.1, 0.15) is 0 Å². The number of aliphatic hydroxyl groups excluding tert-OH is 3. The Morgan fingerprint density at radius 1 is 1.00 bits per heavy atom. The van der Waals surface area contributed by atoms with Crippen molar-refractivity contribution in [2.75, 3.05) is 13.2 Å². The summed E-state index contributed by atoms with van der Waals surface area (Å²) in [5, 5.41) is 29.0. The minimum Gasteiger partial charge on any atom is -0.394 e. The molecule has 0 aliphatic carbocycles. The van der Waals surface area contributed by atoms with Gasteiger partial charge in [0.2, 0.25) is 0 Å². The van der Waals surface area contributed by atoms with Crippen LogP contribution in [0.1, 0.15) is 26.3 Å². The Hall–Kier alpha value is -0.940. The molecule has 0 fully saturated rings. The lowest BCUT2D eigenvalue weighted by molar-refractivity contribution is -0.0408. The highest BCUT2D eigenvalue weighted by molar-refractivity contribution is 5.13. The quantitative estimate of drug-likeness (QED) is 0.650. The van der Waals surface area contributed by atoms with E-state index in [0.29, 0.717) is 13.2 Å². The van der Waals surface area contributed by atoms with Gasteiger partial charge < -0.3 is 20.1 Å². The van der Waals surface area contributed by atoms with E-state index >= 15 is 0 Å².